The number of thiol groups is 1. The van der Waals surface area contributed by atoms with Crippen LogP contribution in [0.1, 0.15) is 103 Å². The molecular formula is C46H53ClN8O5S. The summed E-state index contributed by atoms with van der Waals surface area (Å²) in [7, 11) is 0. The Balaban J connectivity index is 0.849. The van der Waals surface area contributed by atoms with Gasteiger partial charge in [0.15, 0.2) is 0 Å². The Labute approximate surface area is 367 Å². The van der Waals surface area contributed by atoms with Crippen molar-refractivity contribution < 1.29 is 23.9 Å². The Kier molecular flexibility index (Phi) is 10.5. The van der Waals surface area contributed by atoms with Gasteiger partial charge in [-0.15, -0.1) is 12.6 Å². The van der Waals surface area contributed by atoms with Crippen LogP contribution in [-0.2, 0) is 9.59 Å². The highest BCUT2D eigenvalue weighted by Gasteiger charge is 2.68. The van der Waals surface area contributed by atoms with Gasteiger partial charge in [0.25, 0.3) is 11.8 Å². The number of piperidine rings is 2. The first kappa shape index (κ1) is 41.5. The van der Waals surface area contributed by atoms with Gasteiger partial charge < -0.3 is 25.2 Å². The van der Waals surface area contributed by atoms with E-state index in [0.29, 0.717) is 45.5 Å². The third kappa shape index (κ3) is 7.01. The van der Waals surface area contributed by atoms with Crippen molar-refractivity contribution in [3.63, 3.8) is 0 Å². The van der Waals surface area contributed by atoms with E-state index in [1.807, 2.05) is 45.9 Å². The average molecular weight is 866 g/mol. The number of aromatic nitrogens is 1. The molecule has 6 aliphatic rings. The van der Waals surface area contributed by atoms with E-state index in [1.54, 1.807) is 35.4 Å². The van der Waals surface area contributed by atoms with Gasteiger partial charge in [0.2, 0.25) is 11.8 Å². The Bertz CT molecular complexity index is 2300. The Hall–Kier alpha value is -4.84. The standard InChI is InChI=1S/C46H53ClN8O5S/c1-45(2)43(46(3,4)44(45)60-32-10-5-27(21-48)35(47)20-32)55-38(56)14-12-36(41(55)59)54-40(58)34-19-29(9-11-33(34)42(54)61)53-30-7-8-31(53)25-51(24-30)23-26-15-17-52(18-16-26)37-13-6-28(22-50-37)39(49)57/h5-6,9-11,13,19-20,22,26,30-31,36,42-44,61H,7-8,12,14-18,23-25H2,1-4H3,(H2,49,57)/t30-,31-,36-,42-,43?,44?/m1/s1. The SMILES string of the molecule is CC1(C)C(Oc2ccc(C#N)c(Cl)c2)C(C)(C)C1N1C(=O)CC[C@@H](N2C(=O)c3cc(N4[C@@H]5CC[C@@H]4CN(CC4CCN(c6ccc(C(N)=O)cn6)CC4)C5)ccc3[C@H]2S)C1=O. The number of anilines is 2. The summed E-state index contributed by atoms with van der Waals surface area (Å²) in [6, 6.07) is 16.1. The number of primary amides is 1. The number of nitriles is 1. The van der Waals surface area contributed by atoms with Gasteiger partial charge in [-0.1, -0.05) is 45.4 Å². The molecule has 6 heterocycles. The summed E-state index contributed by atoms with van der Waals surface area (Å²) in [5.41, 5.74) is 7.28. The van der Waals surface area contributed by atoms with Gasteiger partial charge in [-0.05, 0) is 80.0 Å². The summed E-state index contributed by atoms with van der Waals surface area (Å²) in [4.78, 5) is 69.1. The number of hydrogen-bond acceptors (Lipinski definition) is 11. The number of likely N-dealkylation sites (tertiary alicyclic amines) is 2. The zero-order chi connectivity index (χ0) is 43.1. The van der Waals surface area contributed by atoms with Crippen molar-refractivity contribution in [2.24, 2.45) is 22.5 Å². The van der Waals surface area contributed by atoms with Gasteiger partial charge in [0.1, 0.15) is 35.2 Å². The van der Waals surface area contributed by atoms with Crippen molar-refractivity contribution in [3.05, 3.63) is 82.0 Å². The van der Waals surface area contributed by atoms with Crippen LogP contribution < -0.4 is 20.3 Å². The summed E-state index contributed by atoms with van der Waals surface area (Å²) >= 11 is 11.3. The molecule has 1 saturated carbocycles. The zero-order valence-corrected chi connectivity index (χ0v) is 36.7. The minimum atomic E-state index is -0.835. The van der Waals surface area contributed by atoms with Crippen LogP contribution in [0, 0.1) is 28.1 Å². The first-order valence-corrected chi connectivity index (χ1v) is 22.4. The number of nitrogens with zero attached hydrogens (tertiary/aromatic N) is 7. The number of ether oxygens (including phenoxy) is 1. The minimum Gasteiger partial charge on any atom is -0.489 e. The zero-order valence-electron chi connectivity index (χ0n) is 35.1. The lowest BCUT2D eigenvalue weighted by atomic mass is 9.48. The summed E-state index contributed by atoms with van der Waals surface area (Å²) < 4.78 is 6.46. The molecule has 2 aromatic carbocycles. The molecule has 2 N–H and O–H groups in total. The van der Waals surface area contributed by atoms with Crippen LogP contribution >= 0.6 is 24.2 Å². The molecule has 0 spiro atoms. The summed E-state index contributed by atoms with van der Waals surface area (Å²) in [5.74, 6) is 0.663. The van der Waals surface area contributed by atoms with E-state index >= 15 is 0 Å². The van der Waals surface area contributed by atoms with Crippen LogP contribution in [0.15, 0.2) is 54.7 Å². The number of amides is 4. The van der Waals surface area contributed by atoms with Crippen LogP contribution in [-0.4, -0.2) is 106 Å². The molecule has 15 heteroatoms. The fourth-order valence-corrected chi connectivity index (χ4v) is 12.7. The number of carbonyl (C=O) groups is 4. The molecule has 3 aromatic rings. The number of carbonyl (C=O) groups excluding carboxylic acids is 4. The van der Waals surface area contributed by atoms with Crippen molar-refractivity contribution >= 4 is 59.4 Å². The van der Waals surface area contributed by atoms with Crippen molar-refractivity contribution in [1.29, 1.82) is 5.26 Å². The molecule has 320 valence electrons. The van der Waals surface area contributed by atoms with Crippen LogP contribution in [0.3, 0.4) is 0 Å². The number of piperazine rings is 1. The number of fused-ring (bicyclic) bond motifs is 3. The van der Waals surface area contributed by atoms with Crippen molar-refractivity contribution in [2.75, 3.05) is 42.5 Å². The predicted octanol–water partition coefficient (Wildman–Crippen LogP) is 6.06. The smallest absolute Gasteiger partial charge is 0.256 e. The maximum atomic E-state index is 14.6. The largest absolute Gasteiger partial charge is 0.489 e. The van der Waals surface area contributed by atoms with E-state index in [9.17, 15) is 24.4 Å². The average Bonchev–Trinajstić information content (AvgIpc) is 3.65. The van der Waals surface area contributed by atoms with Gasteiger partial charge in [0.05, 0.1) is 22.2 Å². The van der Waals surface area contributed by atoms with E-state index < -0.39 is 34.2 Å². The number of nitrogens with two attached hydrogens (primary N) is 1. The Morgan fingerprint density at radius 1 is 0.951 bits per heavy atom. The number of benzene rings is 2. The molecule has 4 saturated heterocycles. The number of rotatable bonds is 9. The van der Waals surface area contributed by atoms with E-state index in [0.717, 1.165) is 75.5 Å². The molecule has 2 bridgehead atoms. The first-order chi connectivity index (χ1) is 29.1. The van der Waals surface area contributed by atoms with Crippen molar-refractivity contribution in [1.82, 2.24) is 19.7 Å². The maximum Gasteiger partial charge on any atom is 0.256 e. The molecule has 0 radical (unpaired) electrons. The fraction of sp³-hybridized carbons (Fsp3) is 0.522. The number of halogens is 1. The molecule has 13 nitrogen and oxygen atoms in total. The highest BCUT2D eigenvalue weighted by molar-refractivity contribution is 7.80. The molecule has 1 aliphatic carbocycles. The van der Waals surface area contributed by atoms with Crippen LogP contribution in [0.5, 0.6) is 5.75 Å². The lowest BCUT2D eigenvalue weighted by Crippen LogP contribution is -2.77. The number of imide groups is 1. The second-order valence-corrected chi connectivity index (χ2v) is 19.9. The fourth-order valence-electron chi connectivity index (χ4n) is 12.0. The molecule has 5 fully saturated rings. The van der Waals surface area contributed by atoms with E-state index in [4.69, 9.17) is 34.7 Å². The van der Waals surface area contributed by atoms with Gasteiger partial charge in [-0.25, -0.2) is 4.98 Å². The number of hydrogen-bond donors (Lipinski definition) is 2. The normalized spacial score (nSPS) is 28.4. The predicted molar refractivity (Wildman–Crippen MR) is 235 cm³/mol. The van der Waals surface area contributed by atoms with Gasteiger partial charge >= 0.3 is 0 Å². The highest BCUT2D eigenvalue weighted by Crippen LogP contribution is 2.59. The molecule has 1 aromatic heterocycles. The van der Waals surface area contributed by atoms with Gasteiger partial charge in [0, 0.05) is 85.6 Å². The molecule has 4 atom stereocenters. The number of pyridine rings is 1. The summed E-state index contributed by atoms with van der Waals surface area (Å²) in [5, 5.41) is 8.99. The quantitative estimate of drug-likeness (QED) is 0.192. The molecule has 9 rings (SSSR count). The molecule has 5 aliphatic heterocycles. The molecule has 61 heavy (non-hydrogen) atoms. The van der Waals surface area contributed by atoms with Crippen molar-refractivity contribution in [2.45, 2.75) is 102 Å². The Morgan fingerprint density at radius 3 is 2.28 bits per heavy atom. The third-order valence-corrected chi connectivity index (χ3v) is 15.3. The Morgan fingerprint density at radius 2 is 1.66 bits per heavy atom. The van der Waals surface area contributed by atoms with Crippen LogP contribution in [0.25, 0.3) is 0 Å². The minimum absolute atomic E-state index is 0.137. The first-order valence-electron chi connectivity index (χ1n) is 21.5. The van der Waals surface area contributed by atoms with E-state index in [1.165, 1.54) is 4.90 Å². The summed E-state index contributed by atoms with van der Waals surface area (Å²) in [6.07, 6.45) is 5.91. The van der Waals surface area contributed by atoms with E-state index in [2.05, 4.69) is 31.8 Å². The van der Waals surface area contributed by atoms with Gasteiger partial charge in [-0.3, -0.25) is 29.0 Å². The van der Waals surface area contributed by atoms with Crippen LogP contribution in [0.4, 0.5) is 11.5 Å². The molecule has 0 unspecified atom stereocenters. The topological polar surface area (TPSA) is 156 Å². The lowest BCUT2D eigenvalue weighted by Gasteiger charge is -2.66. The summed E-state index contributed by atoms with van der Waals surface area (Å²) in [6.45, 7) is 12.8. The van der Waals surface area contributed by atoms with Gasteiger partial charge in [-0.2, -0.15) is 5.26 Å². The van der Waals surface area contributed by atoms with Crippen LogP contribution in [0.2, 0.25) is 5.02 Å². The lowest BCUT2D eigenvalue weighted by molar-refractivity contribution is -0.216. The maximum absolute atomic E-state index is 14.6. The monoisotopic (exact) mass is 864 g/mol. The second-order valence-electron chi connectivity index (χ2n) is 19.0. The molecular weight excluding hydrogens is 812 g/mol. The second kappa shape index (κ2) is 15.5. The van der Waals surface area contributed by atoms with E-state index in [-0.39, 0.29) is 36.7 Å². The molecule has 4 amide bonds. The third-order valence-electron chi connectivity index (χ3n) is 14.5. The highest BCUT2D eigenvalue weighted by atomic mass is 35.5. The van der Waals surface area contributed by atoms with Crippen molar-refractivity contribution in [3.8, 4) is 11.8 Å².